The second-order valence-corrected chi connectivity index (χ2v) is 2.54. The summed E-state index contributed by atoms with van der Waals surface area (Å²) in [5.41, 5.74) is 2.00. The Hall–Kier alpha value is -1.44. The van der Waals surface area contributed by atoms with Gasteiger partial charge in [-0.2, -0.15) is 0 Å². The van der Waals surface area contributed by atoms with Crippen LogP contribution >= 0.6 is 0 Å². The van der Waals surface area contributed by atoms with Gasteiger partial charge in [0.2, 0.25) is 0 Å². The third-order valence-corrected chi connectivity index (χ3v) is 1.50. The SMILES string of the molecule is C=C(C)c1cccnc1/N=C\C. The molecule has 0 aromatic carbocycles. The lowest BCUT2D eigenvalue weighted by molar-refractivity contribution is 1.26. The molecule has 1 aromatic heterocycles. The highest BCUT2D eigenvalue weighted by Gasteiger charge is 1.99. The molecule has 0 N–H and O–H groups in total. The van der Waals surface area contributed by atoms with Gasteiger partial charge in [0.1, 0.15) is 0 Å². The molecular formula is C10H12N2. The van der Waals surface area contributed by atoms with Crippen LogP contribution in [0.1, 0.15) is 19.4 Å². The van der Waals surface area contributed by atoms with E-state index in [9.17, 15) is 0 Å². The molecule has 0 aliphatic heterocycles. The molecule has 0 radical (unpaired) electrons. The van der Waals surface area contributed by atoms with Gasteiger partial charge in [-0.1, -0.05) is 6.58 Å². The minimum absolute atomic E-state index is 0.743. The predicted molar refractivity (Wildman–Crippen MR) is 52.8 cm³/mol. The molecule has 0 aliphatic carbocycles. The highest BCUT2D eigenvalue weighted by molar-refractivity contribution is 5.72. The fourth-order valence-corrected chi connectivity index (χ4v) is 0.955. The second kappa shape index (κ2) is 3.81. The number of aliphatic imine (C=N–C) groups is 1. The van der Waals surface area contributed by atoms with E-state index in [1.54, 1.807) is 12.4 Å². The molecule has 0 spiro atoms. The zero-order valence-corrected chi connectivity index (χ0v) is 7.41. The number of allylic oxidation sites excluding steroid dienone is 1. The fourth-order valence-electron chi connectivity index (χ4n) is 0.955. The normalized spacial score (nSPS) is 10.5. The molecule has 0 saturated heterocycles. The van der Waals surface area contributed by atoms with Crippen molar-refractivity contribution in [3.05, 3.63) is 30.5 Å². The fraction of sp³-hybridized carbons (Fsp3) is 0.200. The molecule has 0 amide bonds. The molecule has 12 heavy (non-hydrogen) atoms. The highest BCUT2D eigenvalue weighted by Crippen LogP contribution is 2.21. The van der Waals surface area contributed by atoms with E-state index in [0.717, 1.165) is 17.0 Å². The maximum absolute atomic E-state index is 4.13. The first-order valence-corrected chi connectivity index (χ1v) is 3.85. The summed E-state index contributed by atoms with van der Waals surface area (Å²) in [4.78, 5) is 8.26. The van der Waals surface area contributed by atoms with Gasteiger partial charge < -0.3 is 0 Å². The standard InChI is InChI=1S/C10H12N2/c1-4-11-10-9(8(2)3)6-5-7-12-10/h4-7H,2H2,1,3H3/b11-4-. The third-order valence-electron chi connectivity index (χ3n) is 1.50. The van der Waals surface area contributed by atoms with Crippen molar-refractivity contribution in [3.63, 3.8) is 0 Å². The van der Waals surface area contributed by atoms with Crippen molar-refractivity contribution in [2.45, 2.75) is 13.8 Å². The van der Waals surface area contributed by atoms with E-state index in [0.29, 0.717) is 0 Å². The second-order valence-electron chi connectivity index (χ2n) is 2.54. The molecule has 0 fully saturated rings. The van der Waals surface area contributed by atoms with Gasteiger partial charge in [0.05, 0.1) is 0 Å². The Kier molecular flexibility index (Phi) is 2.75. The quantitative estimate of drug-likeness (QED) is 0.611. The minimum atomic E-state index is 0.743. The Morgan fingerprint density at radius 3 is 3.00 bits per heavy atom. The van der Waals surface area contributed by atoms with Gasteiger partial charge >= 0.3 is 0 Å². The van der Waals surface area contributed by atoms with Gasteiger partial charge in [-0.15, -0.1) is 0 Å². The summed E-state index contributed by atoms with van der Waals surface area (Å²) in [6.45, 7) is 7.68. The zero-order valence-electron chi connectivity index (χ0n) is 7.41. The van der Waals surface area contributed by atoms with Crippen LogP contribution in [0, 0.1) is 0 Å². The molecule has 62 valence electrons. The van der Waals surface area contributed by atoms with Crippen molar-refractivity contribution in [2.75, 3.05) is 0 Å². The van der Waals surface area contributed by atoms with Crippen LogP contribution in [-0.4, -0.2) is 11.2 Å². The molecular weight excluding hydrogens is 148 g/mol. The summed E-state index contributed by atoms with van der Waals surface area (Å²) in [5.74, 6) is 0.743. The Balaban J connectivity index is 3.17. The molecule has 2 nitrogen and oxygen atoms in total. The van der Waals surface area contributed by atoms with E-state index in [1.807, 2.05) is 26.0 Å². The van der Waals surface area contributed by atoms with E-state index < -0.39 is 0 Å². The van der Waals surface area contributed by atoms with E-state index in [1.165, 1.54) is 0 Å². The minimum Gasteiger partial charge on any atom is -0.241 e. The Bertz CT molecular complexity index is 313. The Morgan fingerprint density at radius 2 is 2.42 bits per heavy atom. The summed E-state index contributed by atoms with van der Waals surface area (Å²) in [6, 6.07) is 3.86. The zero-order chi connectivity index (χ0) is 8.97. The van der Waals surface area contributed by atoms with Crippen LogP contribution < -0.4 is 0 Å². The molecule has 0 aliphatic rings. The van der Waals surface area contributed by atoms with E-state index in [2.05, 4.69) is 16.6 Å². The average molecular weight is 160 g/mol. The number of hydrogen-bond donors (Lipinski definition) is 0. The molecule has 1 rings (SSSR count). The van der Waals surface area contributed by atoms with Crippen LogP contribution in [0.4, 0.5) is 5.82 Å². The monoisotopic (exact) mass is 160 g/mol. The maximum Gasteiger partial charge on any atom is 0.159 e. The van der Waals surface area contributed by atoms with Crippen LogP contribution in [0.25, 0.3) is 5.57 Å². The number of rotatable bonds is 2. The molecule has 0 saturated carbocycles. The van der Waals surface area contributed by atoms with Gasteiger partial charge in [-0.3, -0.25) is 0 Å². The number of aromatic nitrogens is 1. The molecule has 0 atom stereocenters. The lowest BCUT2D eigenvalue weighted by Crippen LogP contribution is -1.82. The number of pyridine rings is 1. The summed E-state index contributed by atoms with van der Waals surface area (Å²) >= 11 is 0. The molecule has 2 heteroatoms. The molecule has 0 bridgehead atoms. The van der Waals surface area contributed by atoms with Crippen LogP contribution in [0.2, 0.25) is 0 Å². The number of hydrogen-bond acceptors (Lipinski definition) is 2. The van der Waals surface area contributed by atoms with Gasteiger partial charge in [-0.05, 0) is 31.6 Å². The van der Waals surface area contributed by atoms with Crippen molar-refractivity contribution >= 4 is 17.6 Å². The van der Waals surface area contributed by atoms with Gasteiger partial charge in [0.25, 0.3) is 0 Å². The van der Waals surface area contributed by atoms with Crippen molar-refractivity contribution in [3.8, 4) is 0 Å². The van der Waals surface area contributed by atoms with E-state index >= 15 is 0 Å². The largest absolute Gasteiger partial charge is 0.241 e. The van der Waals surface area contributed by atoms with Crippen molar-refractivity contribution in [1.82, 2.24) is 4.98 Å². The van der Waals surface area contributed by atoms with Crippen molar-refractivity contribution in [2.24, 2.45) is 4.99 Å². The first-order chi connectivity index (χ1) is 5.75. The van der Waals surface area contributed by atoms with E-state index in [-0.39, 0.29) is 0 Å². The van der Waals surface area contributed by atoms with Gasteiger partial charge in [-0.25, -0.2) is 9.98 Å². The van der Waals surface area contributed by atoms with Crippen LogP contribution in [0.5, 0.6) is 0 Å². The lowest BCUT2D eigenvalue weighted by Gasteiger charge is -2.01. The first kappa shape index (κ1) is 8.65. The van der Waals surface area contributed by atoms with Crippen molar-refractivity contribution in [1.29, 1.82) is 0 Å². The average Bonchev–Trinajstić information content (AvgIpc) is 2.05. The lowest BCUT2D eigenvalue weighted by atomic mass is 10.1. The van der Waals surface area contributed by atoms with Crippen LogP contribution in [0.15, 0.2) is 29.9 Å². The van der Waals surface area contributed by atoms with Crippen LogP contribution in [-0.2, 0) is 0 Å². The number of nitrogens with zero attached hydrogens (tertiary/aromatic N) is 2. The smallest absolute Gasteiger partial charge is 0.159 e. The van der Waals surface area contributed by atoms with E-state index in [4.69, 9.17) is 0 Å². The Labute approximate surface area is 72.7 Å². The molecule has 1 aromatic rings. The predicted octanol–water partition coefficient (Wildman–Crippen LogP) is 2.84. The first-order valence-electron chi connectivity index (χ1n) is 3.85. The third kappa shape index (κ3) is 1.78. The summed E-state index contributed by atoms with van der Waals surface area (Å²) in [7, 11) is 0. The Morgan fingerprint density at radius 1 is 1.67 bits per heavy atom. The van der Waals surface area contributed by atoms with Crippen molar-refractivity contribution < 1.29 is 0 Å². The van der Waals surface area contributed by atoms with Crippen LogP contribution in [0.3, 0.4) is 0 Å². The summed E-state index contributed by atoms with van der Waals surface area (Å²) in [6.07, 6.45) is 3.46. The maximum atomic E-state index is 4.13. The highest BCUT2D eigenvalue weighted by atomic mass is 14.9. The molecule has 0 unspecified atom stereocenters. The summed E-state index contributed by atoms with van der Waals surface area (Å²) < 4.78 is 0. The summed E-state index contributed by atoms with van der Waals surface area (Å²) in [5, 5.41) is 0. The van der Waals surface area contributed by atoms with Gasteiger partial charge in [0.15, 0.2) is 5.82 Å². The van der Waals surface area contributed by atoms with Gasteiger partial charge in [0, 0.05) is 18.0 Å². The topological polar surface area (TPSA) is 25.2 Å². The molecule has 1 heterocycles.